The number of nitrogens with zero attached hydrogens (tertiary/aromatic N) is 1. The van der Waals surface area contributed by atoms with Crippen LogP contribution in [0.4, 0.5) is 5.82 Å². The van der Waals surface area contributed by atoms with Gasteiger partial charge in [0.2, 0.25) is 10.0 Å². The lowest BCUT2D eigenvalue weighted by Gasteiger charge is -2.20. The van der Waals surface area contributed by atoms with Crippen molar-refractivity contribution in [1.29, 1.82) is 0 Å². The molecule has 0 aliphatic heterocycles. The normalized spacial score (nSPS) is 17.0. The Morgan fingerprint density at radius 2 is 2.10 bits per heavy atom. The number of nitrogens with one attached hydrogen (secondary N) is 2. The number of hydrogen-bond acceptors (Lipinski definition) is 4. The van der Waals surface area contributed by atoms with E-state index in [-0.39, 0.29) is 10.3 Å². The highest BCUT2D eigenvalue weighted by Crippen LogP contribution is 2.51. The molecule has 0 radical (unpaired) electrons. The number of pyridine rings is 1. The molecule has 21 heavy (non-hydrogen) atoms. The highest BCUT2D eigenvalue weighted by atomic mass is 35.5. The maximum Gasteiger partial charge on any atom is 0.242 e. The number of aromatic nitrogens is 1. The number of sulfonamides is 1. The highest BCUT2D eigenvalue weighted by molar-refractivity contribution is 7.89. The van der Waals surface area contributed by atoms with Crippen LogP contribution in [0.2, 0.25) is 5.02 Å². The van der Waals surface area contributed by atoms with E-state index in [1.54, 1.807) is 0 Å². The summed E-state index contributed by atoms with van der Waals surface area (Å²) in [6.07, 6.45) is 3.48. The standard InChI is InChI=1S/C14H22ClN3O2S/c1-4-16-13-12(15)7-11(8-17-13)21(19,20)18-9-14(5-6-14)10(2)3/h7-8,10,18H,4-6,9H2,1-3H3,(H,16,17). The van der Waals surface area contributed by atoms with Gasteiger partial charge in [-0.15, -0.1) is 0 Å². The van der Waals surface area contributed by atoms with Crippen LogP contribution in [0.5, 0.6) is 0 Å². The van der Waals surface area contributed by atoms with E-state index in [2.05, 4.69) is 28.9 Å². The van der Waals surface area contributed by atoms with Crippen molar-refractivity contribution in [2.75, 3.05) is 18.4 Å². The third-order valence-electron chi connectivity index (χ3n) is 4.20. The van der Waals surface area contributed by atoms with Gasteiger partial charge in [-0.1, -0.05) is 25.4 Å². The summed E-state index contributed by atoms with van der Waals surface area (Å²) < 4.78 is 27.3. The molecule has 1 aromatic heterocycles. The highest BCUT2D eigenvalue weighted by Gasteiger charge is 2.45. The molecule has 1 aliphatic rings. The molecule has 0 saturated heterocycles. The fourth-order valence-corrected chi connectivity index (χ4v) is 3.71. The van der Waals surface area contributed by atoms with Crippen LogP contribution >= 0.6 is 11.6 Å². The van der Waals surface area contributed by atoms with Crippen LogP contribution in [-0.4, -0.2) is 26.5 Å². The lowest BCUT2D eigenvalue weighted by Crippen LogP contribution is -2.32. The molecule has 1 heterocycles. The zero-order chi connectivity index (χ0) is 15.7. The summed E-state index contributed by atoms with van der Waals surface area (Å²) in [5.74, 6) is 0.969. The molecule has 0 aromatic carbocycles. The van der Waals surface area contributed by atoms with Crippen molar-refractivity contribution in [1.82, 2.24) is 9.71 Å². The summed E-state index contributed by atoms with van der Waals surface area (Å²) in [5.41, 5.74) is 0.119. The second kappa shape index (κ2) is 6.10. The predicted molar refractivity (Wildman–Crippen MR) is 85.1 cm³/mol. The molecule has 0 unspecified atom stereocenters. The third kappa shape index (κ3) is 3.67. The van der Waals surface area contributed by atoms with Gasteiger partial charge in [-0.25, -0.2) is 18.1 Å². The fourth-order valence-electron chi connectivity index (χ4n) is 2.31. The van der Waals surface area contributed by atoms with Gasteiger partial charge in [-0.2, -0.15) is 0 Å². The maximum absolute atomic E-state index is 12.3. The predicted octanol–water partition coefficient (Wildman–Crippen LogP) is 2.88. The molecule has 0 atom stereocenters. The average Bonchev–Trinajstić information content (AvgIpc) is 3.20. The van der Waals surface area contributed by atoms with Crippen LogP contribution in [0.15, 0.2) is 17.2 Å². The van der Waals surface area contributed by atoms with Gasteiger partial charge in [0.25, 0.3) is 0 Å². The molecule has 1 saturated carbocycles. The van der Waals surface area contributed by atoms with Gasteiger partial charge < -0.3 is 5.32 Å². The summed E-state index contributed by atoms with van der Waals surface area (Å²) in [6.45, 7) is 7.33. The van der Waals surface area contributed by atoms with Crippen LogP contribution in [0, 0.1) is 11.3 Å². The quantitative estimate of drug-likeness (QED) is 0.806. The lowest BCUT2D eigenvalue weighted by atomic mass is 9.93. The Kier molecular flexibility index (Phi) is 4.80. The molecule has 118 valence electrons. The van der Waals surface area contributed by atoms with E-state index in [4.69, 9.17) is 11.6 Å². The molecule has 1 aromatic rings. The van der Waals surface area contributed by atoms with Crippen molar-refractivity contribution >= 4 is 27.4 Å². The van der Waals surface area contributed by atoms with Crippen molar-refractivity contribution in [3.8, 4) is 0 Å². The number of hydrogen-bond donors (Lipinski definition) is 2. The molecule has 5 nitrogen and oxygen atoms in total. The smallest absolute Gasteiger partial charge is 0.242 e. The molecule has 2 rings (SSSR count). The minimum absolute atomic E-state index is 0.105. The lowest BCUT2D eigenvalue weighted by molar-refractivity contribution is 0.357. The van der Waals surface area contributed by atoms with Crippen LogP contribution in [-0.2, 0) is 10.0 Å². The van der Waals surface area contributed by atoms with Gasteiger partial charge >= 0.3 is 0 Å². The monoisotopic (exact) mass is 331 g/mol. The number of halogens is 1. The van der Waals surface area contributed by atoms with Crippen LogP contribution < -0.4 is 10.0 Å². The zero-order valence-electron chi connectivity index (χ0n) is 12.6. The van der Waals surface area contributed by atoms with Gasteiger partial charge in [0.1, 0.15) is 10.7 Å². The van der Waals surface area contributed by atoms with Crippen molar-refractivity contribution < 1.29 is 8.42 Å². The van der Waals surface area contributed by atoms with E-state index in [1.807, 2.05) is 6.92 Å². The summed E-state index contributed by atoms with van der Waals surface area (Å²) in [6, 6.07) is 1.43. The molecular formula is C14H22ClN3O2S. The molecular weight excluding hydrogens is 310 g/mol. The Bertz CT molecular complexity index is 613. The van der Waals surface area contributed by atoms with Crippen LogP contribution in [0.1, 0.15) is 33.6 Å². The Labute approximate surface area is 131 Å². The van der Waals surface area contributed by atoms with Crippen molar-refractivity contribution in [2.24, 2.45) is 11.3 Å². The van der Waals surface area contributed by atoms with Gasteiger partial charge in [0.15, 0.2) is 0 Å². The van der Waals surface area contributed by atoms with Crippen LogP contribution in [0.3, 0.4) is 0 Å². The molecule has 1 aliphatic carbocycles. The zero-order valence-corrected chi connectivity index (χ0v) is 14.2. The maximum atomic E-state index is 12.3. The molecule has 7 heteroatoms. The Morgan fingerprint density at radius 1 is 1.43 bits per heavy atom. The van der Waals surface area contributed by atoms with E-state index in [0.29, 0.717) is 29.8 Å². The Balaban J connectivity index is 2.11. The summed E-state index contributed by atoms with van der Waals surface area (Å²) in [5, 5.41) is 3.29. The first-order valence-corrected chi connectivity index (χ1v) is 9.06. The van der Waals surface area contributed by atoms with Crippen LogP contribution in [0.25, 0.3) is 0 Å². The van der Waals surface area contributed by atoms with E-state index in [9.17, 15) is 8.42 Å². The molecule has 0 bridgehead atoms. The number of rotatable bonds is 7. The third-order valence-corrected chi connectivity index (χ3v) is 5.86. The molecule has 1 fully saturated rings. The van der Waals surface area contributed by atoms with E-state index in [1.165, 1.54) is 12.3 Å². The van der Waals surface area contributed by atoms with E-state index >= 15 is 0 Å². The number of anilines is 1. The van der Waals surface area contributed by atoms with E-state index in [0.717, 1.165) is 12.8 Å². The van der Waals surface area contributed by atoms with Crippen molar-refractivity contribution in [3.05, 3.63) is 17.3 Å². The Hall–Kier alpha value is -0.850. The van der Waals surface area contributed by atoms with Gasteiger partial charge in [-0.05, 0) is 37.2 Å². The average molecular weight is 332 g/mol. The largest absolute Gasteiger partial charge is 0.369 e. The minimum Gasteiger partial charge on any atom is -0.369 e. The first-order chi connectivity index (χ1) is 9.81. The summed E-state index contributed by atoms with van der Waals surface area (Å²) in [7, 11) is -3.57. The first-order valence-electron chi connectivity index (χ1n) is 7.20. The topological polar surface area (TPSA) is 71.1 Å². The first kappa shape index (κ1) is 16.5. The summed E-state index contributed by atoms with van der Waals surface area (Å²) in [4.78, 5) is 4.17. The second-order valence-corrected chi connectivity index (χ2v) is 8.05. The van der Waals surface area contributed by atoms with Gasteiger partial charge in [0.05, 0.1) is 5.02 Å². The molecule has 2 N–H and O–H groups in total. The van der Waals surface area contributed by atoms with Crippen molar-refractivity contribution in [3.63, 3.8) is 0 Å². The van der Waals surface area contributed by atoms with E-state index < -0.39 is 10.0 Å². The minimum atomic E-state index is -3.57. The van der Waals surface area contributed by atoms with Crippen molar-refractivity contribution in [2.45, 2.75) is 38.5 Å². The fraction of sp³-hybridized carbons (Fsp3) is 0.643. The molecule has 0 spiro atoms. The van der Waals surface area contributed by atoms with Gasteiger partial charge in [-0.3, -0.25) is 0 Å². The SMILES string of the molecule is CCNc1ncc(S(=O)(=O)NCC2(C(C)C)CC2)cc1Cl. The Morgan fingerprint density at radius 3 is 2.57 bits per heavy atom. The van der Waals surface area contributed by atoms with Gasteiger partial charge in [0, 0.05) is 19.3 Å². The summed E-state index contributed by atoms with van der Waals surface area (Å²) >= 11 is 6.05. The molecule has 0 amide bonds. The second-order valence-electron chi connectivity index (χ2n) is 5.87.